The molecule has 1 saturated carbocycles. The van der Waals surface area contributed by atoms with Crippen LogP contribution in [0.1, 0.15) is 32.1 Å². The van der Waals surface area contributed by atoms with E-state index in [0.717, 1.165) is 18.0 Å². The molecule has 1 nitrogen and oxygen atoms in total. The Morgan fingerprint density at radius 1 is 1.45 bits per heavy atom. The van der Waals surface area contributed by atoms with Gasteiger partial charge in [0.25, 0.3) is 0 Å². The Morgan fingerprint density at radius 3 is 2.82 bits per heavy atom. The molecule has 0 amide bonds. The topological polar surface area (TPSA) is 17.1 Å². The SMILES string of the molecule is CS[C@@H]1CCCCC1CC=O. The van der Waals surface area contributed by atoms with E-state index in [2.05, 4.69) is 6.26 Å². The van der Waals surface area contributed by atoms with Gasteiger partial charge in [-0.3, -0.25) is 0 Å². The zero-order valence-electron chi connectivity index (χ0n) is 7.08. The molecule has 2 heteroatoms. The number of hydrogen-bond acceptors (Lipinski definition) is 2. The minimum absolute atomic E-state index is 0.677. The van der Waals surface area contributed by atoms with Gasteiger partial charge in [-0.05, 0) is 25.0 Å². The van der Waals surface area contributed by atoms with Crippen molar-refractivity contribution in [3.63, 3.8) is 0 Å². The summed E-state index contributed by atoms with van der Waals surface area (Å²) in [7, 11) is 0. The van der Waals surface area contributed by atoms with Crippen molar-refractivity contribution in [2.75, 3.05) is 6.26 Å². The molecule has 0 N–H and O–H groups in total. The molecule has 0 heterocycles. The number of carbonyl (C=O) groups excluding carboxylic acids is 1. The Balaban J connectivity index is 2.37. The molecule has 1 fully saturated rings. The van der Waals surface area contributed by atoms with Gasteiger partial charge in [0.1, 0.15) is 6.29 Å². The van der Waals surface area contributed by atoms with E-state index in [9.17, 15) is 4.79 Å². The first kappa shape index (κ1) is 9.11. The highest BCUT2D eigenvalue weighted by molar-refractivity contribution is 7.99. The van der Waals surface area contributed by atoms with Crippen molar-refractivity contribution >= 4 is 18.0 Å². The molecular formula is C9H16OS. The highest BCUT2D eigenvalue weighted by atomic mass is 32.2. The fourth-order valence-electron chi connectivity index (χ4n) is 1.88. The summed E-state index contributed by atoms with van der Waals surface area (Å²) in [5.41, 5.74) is 0. The number of rotatable bonds is 3. The summed E-state index contributed by atoms with van der Waals surface area (Å²) < 4.78 is 0. The molecule has 0 aromatic rings. The van der Waals surface area contributed by atoms with Gasteiger partial charge < -0.3 is 4.79 Å². The van der Waals surface area contributed by atoms with Crippen molar-refractivity contribution in [2.24, 2.45) is 5.92 Å². The Kier molecular flexibility index (Phi) is 3.98. The number of thioether (sulfide) groups is 1. The fourth-order valence-corrected chi connectivity index (χ4v) is 2.91. The second kappa shape index (κ2) is 4.81. The average Bonchev–Trinajstić information content (AvgIpc) is 2.06. The van der Waals surface area contributed by atoms with E-state index < -0.39 is 0 Å². The lowest BCUT2D eigenvalue weighted by Crippen LogP contribution is -2.21. The highest BCUT2D eigenvalue weighted by Gasteiger charge is 2.23. The summed E-state index contributed by atoms with van der Waals surface area (Å²) in [5.74, 6) is 0.677. The second-order valence-corrected chi connectivity index (χ2v) is 4.30. The van der Waals surface area contributed by atoms with Crippen LogP contribution in [-0.4, -0.2) is 17.8 Å². The lowest BCUT2D eigenvalue weighted by molar-refractivity contribution is -0.108. The van der Waals surface area contributed by atoms with Crippen molar-refractivity contribution in [2.45, 2.75) is 37.4 Å². The molecule has 0 spiro atoms. The lowest BCUT2D eigenvalue weighted by Gasteiger charge is -2.28. The van der Waals surface area contributed by atoms with E-state index in [1.165, 1.54) is 25.7 Å². The molecule has 0 bridgehead atoms. The van der Waals surface area contributed by atoms with Gasteiger partial charge >= 0.3 is 0 Å². The van der Waals surface area contributed by atoms with Crippen LogP contribution in [0.2, 0.25) is 0 Å². The molecule has 0 aromatic heterocycles. The zero-order chi connectivity index (χ0) is 8.10. The molecule has 0 aliphatic heterocycles. The average molecular weight is 172 g/mol. The molecule has 0 saturated heterocycles. The molecule has 1 rings (SSSR count). The van der Waals surface area contributed by atoms with Crippen LogP contribution in [0.5, 0.6) is 0 Å². The first-order valence-electron chi connectivity index (χ1n) is 4.35. The largest absolute Gasteiger partial charge is 0.303 e. The van der Waals surface area contributed by atoms with Gasteiger partial charge in [0.2, 0.25) is 0 Å². The van der Waals surface area contributed by atoms with Crippen LogP contribution in [-0.2, 0) is 4.79 Å². The van der Waals surface area contributed by atoms with Gasteiger partial charge in [-0.25, -0.2) is 0 Å². The lowest BCUT2D eigenvalue weighted by atomic mass is 9.87. The third-order valence-corrected chi connectivity index (χ3v) is 3.77. The molecule has 1 aliphatic rings. The van der Waals surface area contributed by atoms with Crippen LogP contribution in [0.25, 0.3) is 0 Å². The van der Waals surface area contributed by atoms with Gasteiger partial charge in [0.15, 0.2) is 0 Å². The number of carbonyl (C=O) groups is 1. The smallest absolute Gasteiger partial charge is 0.120 e. The number of aldehydes is 1. The van der Waals surface area contributed by atoms with Crippen molar-refractivity contribution < 1.29 is 4.79 Å². The molecule has 2 atom stereocenters. The van der Waals surface area contributed by atoms with Gasteiger partial charge in [-0.15, -0.1) is 0 Å². The Bertz CT molecular complexity index is 125. The van der Waals surface area contributed by atoms with Crippen LogP contribution in [0.3, 0.4) is 0 Å². The van der Waals surface area contributed by atoms with Crippen molar-refractivity contribution in [1.29, 1.82) is 0 Å². The van der Waals surface area contributed by atoms with Crippen molar-refractivity contribution in [3.05, 3.63) is 0 Å². The van der Waals surface area contributed by atoms with Crippen LogP contribution >= 0.6 is 11.8 Å². The normalized spacial score (nSPS) is 31.7. The minimum atomic E-state index is 0.677. The molecule has 1 unspecified atom stereocenters. The summed E-state index contributed by atoms with van der Waals surface area (Å²) in [4.78, 5) is 10.3. The van der Waals surface area contributed by atoms with Gasteiger partial charge in [0, 0.05) is 11.7 Å². The second-order valence-electron chi connectivity index (χ2n) is 3.22. The summed E-state index contributed by atoms with van der Waals surface area (Å²) in [6.45, 7) is 0. The van der Waals surface area contributed by atoms with Gasteiger partial charge in [0.05, 0.1) is 0 Å². The van der Waals surface area contributed by atoms with Crippen molar-refractivity contribution in [3.8, 4) is 0 Å². The summed E-state index contributed by atoms with van der Waals surface area (Å²) in [6, 6.07) is 0. The van der Waals surface area contributed by atoms with E-state index >= 15 is 0 Å². The standard InChI is InChI=1S/C9H16OS/c1-11-9-5-3-2-4-8(9)6-7-10/h7-9H,2-6H2,1H3/t8?,9-/m1/s1. The molecular weight excluding hydrogens is 156 g/mol. The predicted molar refractivity (Wildman–Crippen MR) is 49.9 cm³/mol. The quantitative estimate of drug-likeness (QED) is 0.608. The Hall–Kier alpha value is 0.0200. The van der Waals surface area contributed by atoms with E-state index in [-0.39, 0.29) is 0 Å². The minimum Gasteiger partial charge on any atom is -0.303 e. The van der Waals surface area contributed by atoms with Gasteiger partial charge in [-0.2, -0.15) is 11.8 Å². The van der Waals surface area contributed by atoms with E-state index in [1.807, 2.05) is 11.8 Å². The summed E-state index contributed by atoms with van der Waals surface area (Å²) in [5, 5.41) is 0.758. The molecule has 0 radical (unpaired) electrons. The predicted octanol–water partition coefficient (Wildman–Crippen LogP) is 2.50. The van der Waals surface area contributed by atoms with E-state index in [1.54, 1.807) is 0 Å². The first-order valence-corrected chi connectivity index (χ1v) is 5.63. The van der Waals surface area contributed by atoms with Gasteiger partial charge in [-0.1, -0.05) is 12.8 Å². The van der Waals surface area contributed by atoms with E-state index in [0.29, 0.717) is 5.92 Å². The number of hydrogen-bond donors (Lipinski definition) is 0. The van der Waals surface area contributed by atoms with Crippen LogP contribution in [0, 0.1) is 5.92 Å². The maximum absolute atomic E-state index is 10.3. The third kappa shape index (κ3) is 2.51. The van der Waals surface area contributed by atoms with Crippen LogP contribution in [0.4, 0.5) is 0 Å². The maximum Gasteiger partial charge on any atom is 0.120 e. The molecule has 11 heavy (non-hydrogen) atoms. The summed E-state index contributed by atoms with van der Waals surface area (Å²) in [6.07, 6.45) is 9.30. The molecule has 64 valence electrons. The van der Waals surface area contributed by atoms with Crippen LogP contribution < -0.4 is 0 Å². The summed E-state index contributed by atoms with van der Waals surface area (Å²) >= 11 is 1.93. The fraction of sp³-hybridized carbons (Fsp3) is 0.889. The maximum atomic E-state index is 10.3. The molecule has 1 aliphatic carbocycles. The Morgan fingerprint density at radius 2 is 2.18 bits per heavy atom. The van der Waals surface area contributed by atoms with Crippen molar-refractivity contribution in [1.82, 2.24) is 0 Å². The first-order chi connectivity index (χ1) is 5.38. The van der Waals surface area contributed by atoms with E-state index in [4.69, 9.17) is 0 Å². The highest BCUT2D eigenvalue weighted by Crippen LogP contribution is 2.33. The monoisotopic (exact) mass is 172 g/mol. The Labute approximate surface area is 72.9 Å². The zero-order valence-corrected chi connectivity index (χ0v) is 7.90. The van der Waals surface area contributed by atoms with Crippen LogP contribution in [0.15, 0.2) is 0 Å². The molecule has 0 aromatic carbocycles. The third-order valence-electron chi connectivity index (χ3n) is 2.54.